The van der Waals surface area contributed by atoms with Crippen LogP contribution in [0.1, 0.15) is 17.7 Å². The Balaban J connectivity index is 1.84. The van der Waals surface area contributed by atoms with E-state index in [4.69, 9.17) is 4.74 Å². The standard InChI is InChI=1S/C10H13F3N2OS/c11-10(12,13)8-5-15-9(17-8)14-4-7-2-1-3-16-6-7/h5,7H,1-4,6H2,(H,14,15). The van der Waals surface area contributed by atoms with Crippen LogP contribution in [-0.2, 0) is 10.9 Å². The predicted molar refractivity (Wildman–Crippen MR) is 59.1 cm³/mol. The molecule has 0 aromatic carbocycles. The van der Waals surface area contributed by atoms with Crippen LogP contribution in [-0.4, -0.2) is 24.7 Å². The average Bonchev–Trinajstić information content (AvgIpc) is 2.76. The lowest BCUT2D eigenvalue weighted by Gasteiger charge is -2.21. The molecule has 0 amide bonds. The zero-order valence-corrected chi connectivity index (χ0v) is 9.90. The summed E-state index contributed by atoms with van der Waals surface area (Å²) >= 11 is 0.640. The van der Waals surface area contributed by atoms with Crippen molar-refractivity contribution in [1.82, 2.24) is 4.98 Å². The molecule has 0 aliphatic carbocycles. The Morgan fingerprint density at radius 1 is 1.53 bits per heavy atom. The maximum absolute atomic E-state index is 12.3. The molecule has 96 valence electrons. The minimum atomic E-state index is -4.30. The summed E-state index contributed by atoms with van der Waals surface area (Å²) in [7, 11) is 0. The van der Waals surface area contributed by atoms with Crippen LogP contribution in [0, 0.1) is 5.92 Å². The van der Waals surface area contributed by atoms with E-state index in [1.807, 2.05) is 0 Å². The van der Waals surface area contributed by atoms with Crippen LogP contribution in [0.4, 0.5) is 18.3 Å². The van der Waals surface area contributed by atoms with Crippen LogP contribution in [0.3, 0.4) is 0 Å². The van der Waals surface area contributed by atoms with Gasteiger partial charge in [0.15, 0.2) is 5.13 Å². The highest BCUT2D eigenvalue weighted by molar-refractivity contribution is 7.15. The normalized spacial score (nSPS) is 21.5. The van der Waals surface area contributed by atoms with Crippen LogP contribution < -0.4 is 5.32 Å². The monoisotopic (exact) mass is 266 g/mol. The van der Waals surface area contributed by atoms with E-state index >= 15 is 0 Å². The van der Waals surface area contributed by atoms with Gasteiger partial charge in [-0.1, -0.05) is 11.3 Å². The van der Waals surface area contributed by atoms with Gasteiger partial charge in [0.25, 0.3) is 0 Å². The highest BCUT2D eigenvalue weighted by Gasteiger charge is 2.33. The molecule has 1 fully saturated rings. The maximum atomic E-state index is 12.3. The molecule has 0 saturated carbocycles. The van der Waals surface area contributed by atoms with E-state index in [1.165, 1.54) is 0 Å². The number of halogens is 3. The number of rotatable bonds is 3. The Morgan fingerprint density at radius 3 is 2.94 bits per heavy atom. The van der Waals surface area contributed by atoms with Gasteiger partial charge in [-0.05, 0) is 18.8 Å². The third kappa shape index (κ3) is 3.57. The first kappa shape index (κ1) is 12.6. The second-order valence-corrected chi connectivity index (χ2v) is 5.02. The van der Waals surface area contributed by atoms with Crippen molar-refractivity contribution >= 4 is 16.5 Å². The molecular formula is C10H13F3N2OS. The van der Waals surface area contributed by atoms with E-state index in [0.29, 0.717) is 35.5 Å². The molecule has 3 nitrogen and oxygen atoms in total. The molecule has 1 atom stereocenters. The number of nitrogens with zero attached hydrogens (tertiary/aromatic N) is 1. The Labute approximate surface area is 101 Å². The molecule has 1 N–H and O–H groups in total. The average molecular weight is 266 g/mol. The van der Waals surface area contributed by atoms with Gasteiger partial charge in [0.05, 0.1) is 12.8 Å². The topological polar surface area (TPSA) is 34.2 Å². The number of ether oxygens (including phenoxy) is 1. The number of hydrogen-bond donors (Lipinski definition) is 1. The molecule has 1 aromatic rings. The SMILES string of the molecule is FC(F)(F)c1cnc(NCC2CCCOC2)s1. The molecule has 1 unspecified atom stereocenters. The second-order valence-electron chi connectivity index (χ2n) is 3.99. The highest BCUT2D eigenvalue weighted by Crippen LogP contribution is 2.35. The van der Waals surface area contributed by atoms with Gasteiger partial charge in [-0.25, -0.2) is 4.98 Å². The fraction of sp³-hybridized carbons (Fsp3) is 0.700. The van der Waals surface area contributed by atoms with Crippen molar-refractivity contribution in [3.63, 3.8) is 0 Å². The van der Waals surface area contributed by atoms with E-state index in [1.54, 1.807) is 0 Å². The first-order valence-corrected chi connectivity index (χ1v) is 6.22. The van der Waals surface area contributed by atoms with E-state index in [0.717, 1.165) is 25.6 Å². The first-order chi connectivity index (χ1) is 8.05. The molecule has 1 aliphatic heterocycles. The summed E-state index contributed by atoms with van der Waals surface area (Å²) in [4.78, 5) is 3.05. The van der Waals surface area contributed by atoms with Crippen molar-refractivity contribution in [3.8, 4) is 0 Å². The number of nitrogens with one attached hydrogen (secondary N) is 1. The summed E-state index contributed by atoms with van der Waals surface area (Å²) in [5, 5.41) is 3.26. The smallest absolute Gasteiger partial charge is 0.381 e. The van der Waals surface area contributed by atoms with Crippen molar-refractivity contribution in [2.45, 2.75) is 19.0 Å². The number of aromatic nitrogens is 1. The van der Waals surface area contributed by atoms with E-state index in [-0.39, 0.29) is 0 Å². The molecule has 1 aliphatic rings. The van der Waals surface area contributed by atoms with E-state index in [9.17, 15) is 13.2 Å². The summed E-state index contributed by atoms with van der Waals surface area (Å²) in [6, 6.07) is 0. The lowest BCUT2D eigenvalue weighted by atomic mass is 10.0. The van der Waals surface area contributed by atoms with Crippen molar-refractivity contribution in [2.24, 2.45) is 5.92 Å². The predicted octanol–water partition coefficient (Wildman–Crippen LogP) is 3.00. The van der Waals surface area contributed by atoms with Gasteiger partial charge >= 0.3 is 6.18 Å². The first-order valence-electron chi connectivity index (χ1n) is 5.40. The fourth-order valence-corrected chi connectivity index (χ4v) is 2.38. The number of thiazole rings is 1. The Kier molecular flexibility index (Phi) is 3.88. The highest BCUT2D eigenvalue weighted by atomic mass is 32.1. The molecule has 7 heteroatoms. The zero-order chi connectivity index (χ0) is 12.3. The summed E-state index contributed by atoms with van der Waals surface area (Å²) < 4.78 is 42.2. The number of alkyl halides is 3. The maximum Gasteiger partial charge on any atom is 0.427 e. The second kappa shape index (κ2) is 5.22. The van der Waals surface area contributed by atoms with Gasteiger partial charge in [-0.15, -0.1) is 0 Å². The molecule has 2 rings (SSSR count). The number of hydrogen-bond acceptors (Lipinski definition) is 4. The molecule has 0 bridgehead atoms. The van der Waals surface area contributed by atoms with Gasteiger partial charge in [-0.3, -0.25) is 0 Å². The molecular weight excluding hydrogens is 253 g/mol. The van der Waals surface area contributed by atoms with Crippen molar-refractivity contribution < 1.29 is 17.9 Å². The lowest BCUT2D eigenvalue weighted by molar-refractivity contribution is -0.134. The molecule has 0 radical (unpaired) electrons. The largest absolute Gasteiger partial charge is 0.427 e. The zero-order valence-electron chi connectivity index (χ0n) is 9.09. The Hall–Kier alpha value is -0.820. The van der Waals surface area contributed by atoms with Crippen molar-refractivity contribution in [2.75, 3.05) is 25.1 Å². The van der Waals surface area contributed by atoms with E-state index < -0.39 is 11.1 Å². The van der Waals surface area contributed by atoms with E-state index in [2.05, 4.69) is 10.3 Å². The van der Waals surface area contributed by atoms with Crippen LogP contribution in [0.15, 0.2) is 6.20 Å². The third-order valence-corrected chi connectivity index (χ3v) is 3.58. The summed E-state index contributed by atoms with van der Waals surface area (Å²) in [6.07, 6.45) is -1.38. The minimum absolute atomic E-state index is 0.322. The van der Waals surface area contributed by atoms with Gasteiger partial charge in [0.2, 0.25) is 0 Å². The van der Waals surface area contributed by atoms with Crippen LogP contribution in [0.5, 0.6) is 0 Å². The summed E-state index contributed by atoms with van der Waals surface area (Å²) in [5.41, 5.74) is 0. The number of anilines is 1. The van der Waals surface area contributed by atoms with Gasteiger partial charge < -0.3 is 10.1 Å². The third-order valence-electron chi connectivity index (χ3n) is 2.58. The Morgan fingerprint density at radius 2 is 2.35 bits per heavy atom. The van der Waals surface area contributed by atoms with Crippen LogP contribution in [0.25, 0.3) is 0 Å². The van der Waals surface area contributed by atoms with Crippen molar-refractivity contribution in [1.29, 1.82) is 0 Å². The van der Waals surface area contributed by atoms with Crippen molar-refractivity contribution in [3.05, 3.63) is 11.1 Å². The summed E-state index contributed by atoms with van der Waals surface area (Å²) in [5.74, 6) is 0.363. The van der Waals surface area contributed by atoms with Gasteiger partial charge in [0.1, 0.15) is 4.88 Å². The summed E-state index contributed by atoms with van der Waals surface area (Å²) in [6.45, 7) is 2.07. The molecule has 2 heterocycles. The molecule has 1 aromatic heterocycles. The minimum Gasteiger partial charge on any atom is -0.381 e. The quantitative estimate of drug-likeness (QED) is 0.913. The fourth-order valence-electron chi connectivity index (χ4n) is 1.69. The molecule has 17 heavy (non-hydrogen) atoms. The van der Waals surface area contributed by atoms with Crippen LogP contribution in [0.2, 0.25) is 0 Å². The molecule has 1 saturated heterocycles. The Bertz CT molecular complexity index is 361. The molecule has 0 spiro atoms. The van der Waals surface area contributed by atoms with Crippen LogP contribution >= 0.6 is 11.3 Å². The van der Waals surface area contributed by atoms with Gasteiger partial charge in [-0.2, -0.15) is 13.2 Å². The van der Waals surface area contributed by atoms with Gasteiger partial charge in [0, 0.05) is 13.2 Å². The lowest BCUT2D eigenvalue weighted by Crippen LogP contribution is -2.24.